The van der Waals surface area contributed by atoms with Crippen LogP contribution in [0.2, 0.25) is 0 Å². The van der Waals surface area contributed by atoms with Crippen molar-refractivity contribution in [3.05, 3.63) is 233 Å². The van der Waals surface area contributed by atoms with E-state index in [0.717, 1.165) is 0 Å². The average Bonchev–Trinajstić information content (AvgIpc) is 3.90. The number of benzene rings is 9. The molecule has 0 radical (unpaired) electrons. The second-order valence-electron chi connectivity index (χ2n) is 22.8. The van der Waals surface area contributed by atoms with Gasteiger partial charge in [-0.05, 0) is 152 Å². The lowest BCUT2D eigenvalue weighted by molar-refractivity contribution is 0.590. The van der Waals surface area contributed by atoms with Crippen molar-refractivity contribution in [1.82, 2.24) is 0 Å². The highest BCUT2D eigenvalue weighted by Gasteiger charge is 2.56. The van der Waals surface area contributed by atoms with Crippen molar-refractivity contribution in [3.63, 3.8) is 0 Å². The number of para-hydroxylation sites is 1. The third kappa shape index (κ3) is 5.23. The SMILES string of the molecule is CC(C)(C)c1ccc2c(c1)[Si]1(c3ccccc3-c3ccc(N4c5ccccc5C5(c6ccccc6Sc6ccccc65)c5cc6c(cc54)C(C)(C)c4ccccc4-6)cc31)c1cc(C(C)(C)C)ccc1-2. The van der Waals surface area contributed by atoms with E-state index in [0.29, 0.717) is 0 Å². The molecule has 0 saturated carbocycles. The van der Waals surface area contributed by atoms with E-state index in [2.05, 4.69) is 248 Å². The normalized spacial score (nSPS) is 16.4. The van der Waals surface area contributed by atoms with E-state index in [-0.39, 0.29) is 16.2 Å². The molecular formula is C66H55NSSi. The van der Waals surface area contributed by atoms with Crippen LogP contribution in [0, 0.1) is 0 Å². The molecule has 69 heavy (non-hydrogen) atoms. The van der Waals surface area contributed by atoms with Crippen molar-refractivity contribution in [2.75, 3.05) is 4.90 Å². The minimum atomic E-state index is -2.90. The Morgan fingerprint density at radius 1 is 0.377 bits per heavy atom. The van der Waals surface area contributed by atoms with Gasteiger partial charge in [0, 0.05) is 20.9 Å². The molecule has 0 aromatic heterocycles. The quantitative estimate of drug-likeness (QED) is 0.151. The molecule has 334 valence electrons. The summed E-state index contributed by atoms with van der Waals surface area (Å²) in [6.45, 7) is 19.1. The molecule has 9 aromatic rings. The Bertz CT molecular complexity index is 3620. The zero-order chi connectivity index (χ0) is 47.0. The molecule has 0 atom stereocenters. The lowest BCUT2D eigenvalue weighted by atomic mass is 9.61. The smallest absolute Gasteiger partial charge is 0.182 e. The summed E-state index contributed by atoms with van der Waals surface area (Å²) in [5, 5.41) is 6.07. The van der Waals surface area contributed by atoms with Gasteiger partial charge in [0.15, 0.2) is 8.07 Å². The molecule has 0 unspecified atom stereocenters. The Balaban J connectivity index is 1.11. The first-order chi connectivity index (χ1) is 33.2. The standard InChI is InChI=1S/C66H55NSSi/c1-63(2,3)40-29-32-45-46-33-30-41(64(4,5)6)36-61(46)69(60(45)35-40)59-28-18-10-20-44(59)47-34-31-42(37-62(47)69)67-55-25-15-12-22-50(55)66(51-23-13-16-26-57(51)68-58-27-17-14-24-52(58)66)54-38-48-43-19-9-11-21-49(43)65(7,8)53(48)39-56(54)67/h9-39H,1-8H3. The summed E-state index contributed by atoms with van der Waals surface area (Å²) in [5.74, 6) is 0. The van der Waals surface area contributed by atoms with E-state index in [4.69, 9.17) is 0 Å². The molecule has 9 aromatic carbocycles. The van der Waals surface area contributed by atoms with Gasteiger partial charge in [0.05, 0.1) is 16.8 Å². The van der Waals surface area contributed by atoms with E-state index in [1.54, 1.807) is 0 Å². The molecule has 3 heteroatoms. The van der Waals surface area contributed by atoms with Crippen molar-refractivity contribution in [2.24, 2.45) is 0 Å². The number of hydrogen-bond acceptors (Lipinski definition) is 2. The Labute approximate surface area is 413 Å². The van der Waals surface area contributed by atoms with E-state index in [1.165, 1.54) is 125 Å². The van der Waals surface area contributed by atoms with Crippen molar-refractivity contribution >= 4 is 57.6 Å². The summed E-state index contributed by atoms with van der Waals surface area (Å²) in [7, 11) is -2.90. The van der Waals surface area contributed by atoms with Crippen LogP contribution in [-0.4, -0.2) is 8.07 Å². The topological polar surface area (TPSA) is 3.24 Å². The summed E-state index contributed by atoms with van der Waals surface area (Å²) in [5.41, 5.74) is 22.2. The molecule has 0 saturated heterocycles. The fraction of sp³-hybridized carbons (Fsp3) is 0.182. The van der Waals surface area contributed by atoms with Gasteiger partial charge in [-0.2, -0.15) is 0 Å². The fourth-order valence-corrected chi connectivity index (χ4v) is 20.5. The minimum absolute atomic E-state index is 0.00149. The first-order valence-corrected chi connectivity index (χ1v) is 27.7. The summed E-state index contributed by atoms with van der Waals surface area (Å²) in [4.78, 5) is 5.30. The molecular weight excluding hydrogens is 867 g/mol. The van der Waals surface area contributed by atoms with Gasteiger partial charge in [-0.3, -0.25) is 0 Å². The zero-order valence-electron chi connectivity index (χ0n) is 40.8. The van der Waals surface area contributed by atoms with Crippen LogP contribution < -0.4 is 25.6 Å². The van der Waals surface area contributed by atoms with Crippen LogP contribution in [0.3, 0.4) is 0 Å². The highest BCUT2D eigenvalue weighted by Crippen LogP contribution is 2.65. The first kappa shape index (κ1) is 41.3. The van der Waals surface area contributed by atoms with Crippen LogP contribution in [-0.2, 0) is 21.7 Å². The Morgan fingerprint density at radius 3 is 1.49 bits per heavy atom. The predicted octanol–water partition coefficient (Wildman–Crippen LogP) is 14.6. The maximum atomic E-state index is 2.67. The van der Waals surface area contributed by atoms with Gasteiger partial charge in [-0.1, -0.05) is 213 Å². The van der Waals surface area contributed by atoms with E-state index < -0.39 is 13.5 Å². The molecule has 0 bridgehead atoms. The van der Waals surface area contributed by atoms with Gasteiger partial charge in [0.1, 0.15) is 0 Å². The lowest BCUT2D eigenvalue weighted by Crippen LogP contribution is -2.71. The zero-order valence-corrected chi connectivity index (χ0v) is 42.6. The molecule has 0 N–H and O–H groups in total. The van der Waals surface area contributed by atoms with Crippen molar-refractivity contribution in [1.29, 1.82) is 0 Å². The van der Waals surface area contributed by atoms with Crippen LogP contribution in [0.15, 0.2) is 198 Å². The fourth-order valence-electron chi connectivity index (χ4n) is 13.6. The van der Waals surface area contributed by atoms with Gasteiger partial charge in [0.25, 0.3) is 0 Å². The maximum absolute atomic E-state index is 2.90. The van der Waals surface area contributed by atoms with Crippen LogP contribution in [0.1, 0.15) is 99.9 Å². The monoisotopic (exact) mass is 921 g/mol. The molecule has 0 amide bonds. The highest BCUT2D eigenvalue weighted by molar-refractivity contribution is 7.99. The van der Waals surface area contributed by atoms with Gasteiger partial charge < -0.3 is 4.90 Å². The van der Waals surface area contributed by atoms with Gasteiger partial charge in [0.2, 0.25) is 0 Å². The summed E-state index contributed by atoms with van der Waals surface area (Å²) < 4.78 is 0. The number of anilines is 3. The van der Waals surface area contributed by atoms with Gasteiger partial charge in [-0.25, -0.2) is 0 Å². The second-order valence-corrected chi connectivity index (χ2v) is 27.6. The molecule has 1 nitrogen and oxygen atoms in total. The van der Waals surface area contributed by atoms with Crippen molar-refractivity contribution < 1.29 is 0 Å². The Hall–Kier alpha value is -6.65. The van der Waals surface area contributed by atoms with Crippen LogP contribution in [0.4, 0.5) is 17.1 Å². The molecule has 14 rings (SSSR count). The maximum Gasteiger partial charge on any atom is 0.182 e. The predicted molar refractivity (Wildman–Crippen MR) is 294 cm³/mol. The molecule has 4 aliphatic heterocycles. The molecule has 0 fully saturated rings. The van der Waals surface area contributed by atoms with E-state index in [1.807, 2.05) is 11.8 Å². The Kier molecular flexibility index (Phi) is 8.25. The van der Waals surface area contributed by atoms with Crippen molar-refractivity contribution in [3.8, 4) is 33.4 Å². The molecule has 4 heterocycles. The first-order valence-electron chi connectivity index (χ1n) is 24.8. The van der Waals surface area contributed by atoms with E-state index in [9.17, 15) is 0 Å². The summed E-state index contributed by atoms with van der Waals surface area (Å²) in [6.07, 6.45) is 0. The second kappa shape index (κ2) is 13.8. The van der Waals surface area contributed by atoms with Crippen LogP contribution in [0.25, 0.3) is 33.4 Å². The van der Waals surface area contributed by atoms with E-state index >= 15 is 0 Å². The largest absolute Gasteiger partial charge is 0.310 e. The minimum Gasteiger partial charge on any atom is -0.310 e. The Morgan fingerprint density at radius 2 is 0.870 bits per heavy atom. The molecule has 5 aliphatic rings. The average molecular weight is 922 g/mol. The summed E-state index contributed by atoms with van der Waals surface area (Å²) >= 11 is 1.91. The molecule has 2 spiro atoms. The highest BCUT2D eigenvalue weighted by atomic mass is 32.2. The van der Waals surface area contributed by atoms with Gasteiger partial charge >= 0.3 is 0 Å². The number of fused-ring (bicyclic) bond motifs is 21. The summed E-state index contributed by atoms with van der Waals surface area (Å²) in [6, 6.07) is 74.2. The number of hydrogen-bond donors (Lipinski definition) is 0. The lowest BCUT2D eigenvalue weighted by Gasteiger charge is -2.49. The third-order valence-electron chi connectivity index (χ3n) is 16.9. The number of rotatable bonds is 1. The van der Waals surface area contributed by atoms with Crippen molar-refractivity contribution in [2.45, 2.75) is 86.8 Å². The third-order valence-corrected chi connectivity index (χ3v) is 22.9. The van der Waals surface area contributed by atoms with Crippen LogP contribution in [0.5, 0.6) is 0 Å². The van der Waals surface area contributed by atoms with Gasteiger partial charge in [-0.15, -0.1) is 0 Å². The van der Waals surface area contributed by atoms with Crippen LogP contribution >= 0.6 is 11.8 Å². The number of nitrogens with zero attached hydrogens (tertiary/aromatic N) is 1. The molecule has 1 aliphatic carbocycles.